The molecule has 0 spiro atoms. The normalized spacial score (nSPS) is 6.25. The van der Waals surface area contributed by atoms with Gasteiger partial charge in [0.05, 0.1) is 0 Å². The summed E-state index contributed by atoms with van der Waals surface area (Å²) in [5.74, 6) is 0. The first-order valence-corrected chi connectivity index (χ1v) is 3.62. The summed E-state index contributed by atoms with van der Waals surface area (Å²) in [5.41, 5.74) is 4.83. The first kappa shape index (κ1) is 8.88. The fourth-order valence-electron chi connectivity index (χ4n) is 0. The molecule has 4 heteroatoms. The van der Waals surface area contributed by atoms with Crippen LogP contribution in [0.2, 0.25) is 0 Å². The lowest BCUT2D eigenvalue weighted by Crippen LogP contribution is -1.49. The molecule has 0 aromatic rings. The van der Waals surface area contributed by atoms with Crippen LogP contribution in [0.4, 0.5) is 0 Å². The summed E-state index contributed by atoms with van der Waals surface area (Å²) in [4.78, 5) is 0. The Morgan fingerprint density at radius 3 is 1.75 bits per heavy atom. The van der Waals surface area contributed by atoms with Crippen LogP contribution >= 0.6 is 29.0 Å². The molecule has 0 saturated carbocycles. The van der Waals surface area contributed by atoms with Crippen molar-refractivity contribution < 1.29 is 0 Å². The molecule has 1 atom stereocenters. The van der Waals surface area contributed by atoms with E-state index in [1.165, 1.54) is 0 Å². The number of hydrogen-bond donors (Lipinski definition) is 1. The summed E-state index contributed by atoms with van der Waals surface area (Å²) < 4.78 is 0. The Morgan fingerprint density at radius 1 is 1.75 bits per heavy atom. The van der Waals surface area contributed by atoms with E-state index in [1.807, 2.05) is 0 Å². The molecule has 0 aromatic carbocycles. The zero-order chi connectivity index (χ0) is 2.71. The van der Waals surface area contributed by atoms with Gasteiger partial charge in [-0.2, -0.15) is 0 Å². The average molecular weight is 117 g/mol. The summed E-state index contributed by atoms with van der Waals surface area (Å²) in [6.07, 6.45) is 0. The van der Waals surface area contributed by atoms with Crippen molar-refractivity contribution in [2.75, 3.05) is 0 Å². The second kappa shape index (κ2) is 9.02. The van der Waals surface area contributed by atoms with Crippen LogP contribution in [0.25, 0.3) is 0 Å². The van der Waals surface area contributed by atoms with Crippen molar-refractivity contribution in [3.63, 3.8) is 0 Å². The van der Waals surface area contributed by atoms with Crippen LogP contribution in [-0.2, 0) is 0 Å². The first-order chi connectivity index (χ1) is 1.41. The summed E-state index contributed by atoms with van der Waals surface area (Å²) in [6.45, 7) is 0. The molecule has 0 aliphatic heterocycles. The Balaban J connectivity index is 0. The molecule has 2 N–H and O–H groups in total. The number of nitrogens with two attached hydrogens (primary N) is 1. The predicted molar refractivity (Wildman–Crippen MR) is 29.5 cm³/mol. The van der Waals surface area contributed by atoms with Gasteiger partial charge in [0.1, 0.15) is 0 Å². The van der Waals surface area contributed by atoms with Gasteiger partial charge in [-0.15, -0.1) is 20.9 Å². The Bertz CT molecular complexity index is 13.5. The third kappa shape index (κ3) is 12.2. The van der Waals surface area contributed by atoms with E-state index in [4.69, 9.17) is 5.50 Å². The van der Waals surface area contributed by atoms with Crippen molar-refractivity contribution in [1.29, 1.82) is 0 Å². The van der Waals surface area contributed by atoms with Gasteiger partial charge in [0.2, 0.25) is 0 Å². The number of rotatable bonds is 0. The van der Waals surface area contributed by atoms with Gasteiger partial charge >= 0.3 is 0 Å². The van der Waals surface area contributed by atoms with Crippen molar-refractivity contribution in [3.05, 3.63) is 0 Å². The maximum absolute atomic E-state index is 4.83. The van der Waals surface area contributed by atoms with Crippen LogP contribution in [-0.4, -0.2) is 0 Å². The van der Waals surface area contributed by atoms with Gasteiger partial charge in [-0.3, -0.25) is 5.50 Å². The van der Waals surface area contributed by atoms with Crippen molar-refractivity contribution in [1.82, 2.24) is 0 Å². The van der Waals surface area contributed by atoms with E-state index in [2.05, 4.69) is 0 Å². The monoisotopic (exact) mass is 117 g/mol. The topological polar surface area (TPSA) is 26.0 Å². The van der Waals surface area contributed by atoms with Crippen molar-refractivity contribution in [2.24, 2.45) is 5.50 Å². The number of hydrogen-bond acceptors (Lipinski definition) is 0. The summed E-state index contributed by atoms with van der Waals surface area (Å²) in [5, 5.41) is 0. The average Bonchev–Trinajstić information content (AvgIpc) is 0.918. The van der Waals surface area contributed by atoms with E-state index in [-0.39, 0.29) is 12.4 Å². The third-order valence-corrected chi connectivity index (χ3v) is 0. The standard InChI is InChI=1S/ClH.H5NP2/c;1-3-2/h1H;1H2,2H3. The van der Waals surface area contributed by atoms with Crippen molar-refractivity contribution >= 4 is 29.0 Å². The minimum Gasteiger partial charge on any atom is -0.286 e. The van der Waals surface area contributed by atoms with Crippen LogP contribution in [0.3, 0.4) is 0 Å². The van der Waals surface area contributed by atoms with Crippen molar-refractivity contribution in [2.45, 2.75) is 0 Å². The molecule has 0 aliphatic carbocycles. The molecule has 0 bridgehead atoms. The van der Waals surface area contributed by atoms with E-state index in [0.29, 0.717) is 0 Å². The molecule has 0 rings (SSSR count). The van der Waals surface area contributed by atoms with E-state index >= 15 is 0 Å². The van der Waals surface area contributed by atoms with E-state index < -0.39 is 0 Å². The van der Waals surface area contributed by atoms with Crippen molar-refractivity contribution in [3.8, 4) is 0 Å². The Morgan fingerprint density at radius 2 is 1.75 bits per heavy atom. The molecule has 4 heavy (non-hydrogen) atoms. The van der Waals surface area contributed by atoms with Crippen LogP contribution in [0.1, 0.15) is 0 Å². The fraction of sp³-hybridized carbons (Fsp3) is 0. The molecule has 1 nitrogen and oxygen atoms in total. The highest BCUT2D eigenvalue weighted by molar-refractivity contribution is 7.72. The summed E-state index contributed by atoms with van der Waals surface area (Å²) in [6, 6.07) is 0. The highest BCUT2D eigenvalue weighted by atomic mass is 35.5. The molecule has 0 amide bonds. The first-order valence-electron chi connectivity index (χ1n) is 0.574. The van der Waals surface area contributed by atoms with E-state index in [1.54, 1.807) is 8.53 Å². The molecular weight excluding hydrogens is 111 g/mol. The lowest BCUT2D eigenvalue weighted by Gasteiger charge is -1.36. The van der Waals surface area contributed by atoms with Crippen LogP contribution in [0.5, 0.6) is 0 Å². The van der Waals surface area contributed by atoms with E-state index in [9.17, 15) is 0 Å². The Hall–Kier alpha value is 0.980. The van der Waals surface area contributed by atoms with Gasteiger partial charge in [-0.1, -0.05) is 0 Å². The summed E-state index contributed by atoms with van der Waals surface area (Å²) in [7, 11) is 2.67. The molecular formula is H6ClNP2. The maximum Gasteiger partial charge on any atom is -0.0392 e. The molecule has 1 unspecified atom stereocenters. The minimum atomic E-state index is 0. The maximum atomic E-state index is 4.83. The number of halogens is 1. The smallest absolute Gasteiger partial charge is 0.0392 e. The Labute approximate surface area is 35.3 Å². The zero-order valence-corrected chi connectivity index (χ0v) is 5.27. The molecule has 0 aromatic heterocycles. The second-order valence-corrected chi connectivity index (χ2v) is 1.64. The predicted octanol–water partition coefficient (Wildman–Crippen LogP) is 0.750. The SMILES string of the molecule is Cl.NP=[PH3]. The molecule has 0 heterocycles. The van der Waals surface area contributed by atoms with Crippen LogP contribution in [0, 0.1) is 0 Å². The molecule has 28 valence electrons. The van der Waals surface area contributed by atoms with Gasteiger partial charge in [0, 0.05) is 0 Å². The lowest BCUT2D eigenvalue weighted by atomic mass is 13.9. The zero-order valence-electron chi connectivity index (χ0n) is 2.14. The van der Waals surface area contributed by atoms with Gasteiger partial charge in [-0.05, 0) is 8.02 Å². The largest absolute Gasteiger partial charge is 0.286 e. The van der Waals surface area contributed by atoms with Crippen LogP contribution < -0.4 is 5.50 Å². The third-order valence-electron chi connectivity index (χ3n) is 0. The van der Waals surface area contributed by atoms with Gasteiger partial charge < -0.3 is 0 Å². The molecule has 0 radical (unpaired) electrons. The highest BCUT2D eigenvalue weighted by Gasteiger charge is 1.10. The van der Waals surface area contributed by atoms with Gasteiger partial charge in [-0.25, -0.2) is 0 Å². The highest BCUT2D eigenvalue weighted by Crippen LogP contribution is 1.77. The fourth-order valence-corrected chi connectivity index (χ4v) is 0. The van der Waals surface area contributed by atoms with Gasteiger partial charge in [0.15, 0.2) is 0 Å². The minimum absolute atomic E-state index is 0. The second-order valence-electron chi connectivity index (χ2n) is 0.183. The van der Waals surface area contributed by atoms with Crippen LogP contribution in [0.15, 0.2) is 0 Å². The molecule has 0 aliphatic rings. The Kier molecular flexibility index (Phi) is 20.0. The molecule has 0 saturated heterocycles. The van der Waals surface area contributed by atoms with Gasteiger partial charge in [0.25, 0.3) is 0 Å². The lowest BCUT2D eigenvalue weighted by molar-refractivity contribution is 2.05. The van der Waals surface area contributed by atoms with E-state index in [0.717, 1.165) is 8.02 Å². The summed E-state index contributed by atoms with van der Waals surface area (Å²) >= 11 is 0. The quantitative estimate of drug-likeness (QED) is 0.466. The molecule has 0 fully saturated rings.